The number of amides is 2. The molecule has 2 aliphatic rings. The van der Waals surface area contributed by atoms with Gasteiger partial charge >= 0.3 is 0 Å². The van der Waals surface area contributed by atoms with E-state index in [1.807, 2.05) is 34.1 Å². The number of benzene rings is 2. The Morgan fingerprint density at radius 1 is 0.844 bits per heavy atom. The van der Waals surface area contributed by atoms with Gasteiger partial charge in [0.05, 0.1) is 17.2 Å². The van der Waals surface area contributed by atoms with Crippen LogP contribution in [0.1, 0.15) is 27.3 Å². The number of nitrogens with zero attached hydrogens (tertiary/aromatic N) is 5. The molecule has 1 aromatic heterocycles. The monoisotopic (exact) mass is 449 g/mol. The fourth-order valence-electron chi connectivity index (χ4n) is 4.51. The van der Waals surface area contributed by atoms with Crippen LogP contribution in [0.5, 0.6) is 0 Å². The summed E-state index contributed by atoms with van der Waals surface area (Å²) in [7, 11) is 0. The number of likely N-dealkylation sites (tertiary alicyclic amines) is 1. The van der Waals surface area contributed by atoms with E-state index in [4.69, 9.17) is 11.6 Å². The SMILES string of the molecule is O=C(c1ccc(Cl)cc1)N1CCC(N2CCN(C(=O)c3cnc4ccccc4n3)CC2)C1. The number of hydrogen-bond donors (Lipinski definition) is 0. The lowest BCUT2D eigenvalue weighted by Crippen LogP contribution is -2.52. The van der Waals surface area contributed by atoms with Crippen LogP contribution in [-0.2, 0) is 0 Å². The van der Waals surface area contributed by atoms with Gasteiger partial charge in [-0.1, -0.05) is 23.7 Å². The Balaban J connectivity index is 1.17. The zero-order valence-electron chi connectivity index (χ0n) is 17.7. The second-order valence-corrected chi connectivity index (χ2v) is 8.71. The van der Waals surface area contributed by atoms with Crippen LogP contribution in [0.25, 0.3) is 11.0 Å². The molecule has 0 bridgehead atoms. The number of fused-ring (bicyclic) bond motifs is 1. The van der Waals surface area contributed by atoms with Crippen LogP contribution in [0.2, 0.25) is 5.02 Å². The summed E-state index contributed by atoms with van der Waals surface area (Å²) < 4.78 is 0. The van der Waals surface area contributed by atoms with Crippen molar-refractivity contribution in [2.45, 2.75) is 12.5 Å². The number of halogens is 1. The van der Waals surface area contributed by atoms with Crippen molar-refractivity contribution in [2.24, 2.45) is 0 Å². The second kappa shape index (κ2) is 8.84. The lowest BCUT2D eigenvalue weighted by molar-refractivity contribution is 0.0563. The summed E-state index contributed by atoms with van der Waals surface area (Å²) in [6, 6.07) is 14.9. The third-order valence-corrected chi connectivity index (χ3v) is 6.58. The minimum atomic E-state index is -0.0751. The maximum absolute atomic E-state index is 12.9. The van der Waals surface area contributed by atoms with Gasteiger partial charge in [-0.15, -0.1) is 0 Å². The molecular formula is C24H24ClN5O2. The highest BCUT2D eigenvalue weighted by molar-refractivity contribution is 6.30. The Morgan fingerprint density at radius 3 is 2.31 bits per heavy atom. The van der Waals surface area contributed by atoms with Crippen molar-refractivity contribution < 1.29 is 9.59 Å². The van der Waals surface area contributed by atoms with E-state index in [9.17, 15) is 9.59 Å². The number of piperazine rings is 1. The first-order valence-corrected chi connectivity index (χ1v) is 11.3. The molecule has 1 atom stereocenters. The van der Waals surface area contributed by atoms with E-state index >= 15 is 0 Å². The van der Waals surface area contributed by atoms with Gasteiger partial charge in [-0.2, -0.15) is 0 Å². The molecule has 164 valence electrons. The zero-order chi connectivity index (χ0) is 22.1. The van der Waals surface area contributed by atoms with Gasteiger partial charge in [0, 0.05) is 55.9 Å². The Labute approximate surface area is 191 Å². The third-order valence-electron chi connectivity index (χ3n) is 6.33. The Bertz CT molecular complexity index is 1140. The van der Waals surface area contributed by atoms with E-state index in [1.54, 1.807) is 30.5 Å². The van der Waals surface area contributed by atoms with Crippen LogP contribution in [0.4, 0.5) is 0 Å². The number of carbonyl (C=O) groups is 2. The predicted molar refractivity (Wildman–Crippen MR) is 123 cm³/mol. The predicted octanol–water partition coefficient (Wildman–Crippen LogP) is 2.96. The summed E-state index contributed by atoms with van der Waals surface area (Å²) >= 11 is 5.93. The minimum Gasteiger partial charge on any atom is -0.337 e. The average Bonchev–Trinajstić information content (AvgIpc) is 3.34. The van der Waals surface area contributed by atoms with Crippen LogP contribution in [0.15, 0.2) is 54.7 Å². The molecule has 2 amide bonds. The summed E-state index contributed by atoms with van der Waals surface area (Å²) in [5.74, 6) is -0.0262. The largest absolute Gasteiger partial charge is 0.337 e. The molecule has 0 saturated carbocycles. The maximum atomic E-state index is 12.9. The van der Waals surface area contributed by atoms with E-state index < -0.39 is 0 Å². The van der Waals surface area contributed by atoms with Crippen LogP contribution in [-0.4, -0.2) is 81.8 Å². The molecule has 2 fully saturated rings. The number of aromatic nitrogens is 2. The average molecular weight is 450 g/mol. The number of hydrogen-bond acceptors (Lipinski definition) is 5. The van der Waals surface area contributed by atoms with Crippen LogP contribution < -0.4 is 0 Å². The zero-order valence-corrected chi connectivity index (χ0v) is 18.4. The van der Waals surface area contributed by atoms with E-state index in [2.05, 4.69) is 14.9 Å². The second-order valence-electron chi connectivity index (χ2n) is 8.27. The number of para-hydroxylation sites is 2. The van der Waals surface area contributed by atoms with Crippen molar-refractivity contribution >= 4 is 34.4 Å². The van der Waals surface area contributed by atoms with Gasteiger partial charge in [-0.25, -0.2) is 4.98 Å². The molecule has 0 radical (unpaired) electrons. The molecule has 0 aliphatic carbocycles. The Morgan fingerprint density at radius 2 is 1.56 bits per heavy atom. The standard InChI is InChI=1S/C24H24ClN5O2/c25-18-7-5-17(6-8-18)23(31)30-10-9-19(16-30)28-11-13-29(14-12-28)24(32)22-15-26-20-3-1-2-4-21(20)27-22/h1-8,15,19H,9-14,16H2. The molecule has 2 saturated heterocycles. The number of rotatable bonds is 3. The first-order chi connectivity index (χ1) is 15.6. The first-order valence-electron chi connectivity index (χ1n) is 10.9. The smallest absolute Gasteiger partial charge is 0.274 e. The topological polar surface area (TPSA) is 69.6 Å². The quantitative estimate of drug-likeness (QED) is 0.615. The molecule has 8 heteroatoms. The normalized spacial score (nSPS) is 19.5. The van der Waals surface area contributed by atoms with Crippen LogP contribution >= 0.6 is 11.6 Å². The Kier molecular flexibility index (Phi) is 5.76. The fourth-order valence-corrected chi connectivity index (χ4v) is 4.64. The van der Waals surface area contributed by atoms with Gasteiger partial charge < -0.3 is 9.80 Å². The van der Waals surface area contributed by atoms with Crippen molar-refractivity contribution in [2.75, 3.05) is 39.3 Å². The summed E-state index contributed by atoms with van der Waals surface area (Å²) in [5.41, 5.74) is 2.57. The molecule has 3 heterocycles. The van der Waals surface area contributed by atoms with Crippen molar-refractivity contribution in [1.82, 2.24) is 24.7 Å². The van der Waals surface area contributed by atoms with Crippen molar-refractivity contribution in [3.63, 3.8) is 0 Å². The molecular weight excluding hydrogens is 426 g/mol. The van der Waals surface area contributed by atoms with E-state index in [-0.39, 0.29) is 11.8 Å². The van der Waals surface area contributed by atoms with Gasteiger partial charge in [0.1, 0.15) is 5.69 Å². The fraction of sp³-hybridized carbons (Fsp3) is 0.333. The maximum Gasteiger partial charge on any atom is 0.274 e. The summed E-state index contributed by atoms with van der Waals surface area (Å²) in [6.45, 7) is 4.34. The van der Waals surface area contributed by atoms with Gasteiger partial charge in [0.15, 0.2) is 0 Å². The lowest BCUT2D eigenvalue weighted by atomic mass is 10.2. The highest BCUT2D eigenvalue weighted by Gasteiger charge is 2.33. The highest BCUT2D eigenvalue weighted by Crippen LogP contribution is 2.21. The van der Waals surface area contributed by atoms with Crippen LogP contribution in [0, 0.1) is 0 Å². The molecule has 32 heavy (non-hydrogen) atoms. The van der Waals surface area contributed by atoms with Crippen molar-refractivity contribution in [3.05, 3.63) is 71.0 Å². The molecule has 0 N–H and O–H groups in total. The Hall–Kier alpha value is -3.03. The number of carbonyl (C=O) groups excluding carboxylic acids is 2. The highest BCUT2D eigenvalue weighted by atomic mass is 35.5. The summed E-state index contributed by atoms with van der Waals surface area (Å²) in [4.78, 5) is 40.7. The van der Waals surface area contributed by atoms with E-state index in [1.165, 1.54) is 0 Å². The molecule has 3 aromatic rings. The first kappa shape index (κ1) is 20.8. The van der Waals surface area contributed by atoms with Crippen LogP contribution in [0.3, 0.4) is 0 Å². The van der Waals surface area contributed by atoms with E-state index in [0.29, 0.717) is 42.0 Å². The minimum absolute atomic E-state index is 0.0489. The molecule has 0 spiro atoms. The molecule has 7 nitrogen and oxygen atoms in total. The van der Waals surface area contributed by atoms with Gasteiger partial charge in [0.2, 0.25) is 0 Å². The van der Waals surface area contributed by atoms with Crippen molar-refractivity contribution in [1.29, 1.82) is 0 Å². The molecule has 1 unspecified atom stereocenters. The molecule has 2 aliphatic heterocycles. The third kappa shape index (κ3) is 4.18. The van der Waals surface area contributed by atoms with Gasteiger partial charge in [-0.3, -0.25) is 19.5 Å². The lowest BCUT2D eigenvalue weighted by Gasteiger charge is -2.37. The molecule has 5 rings (SSSR count). The molecule has 2 aromatic carbocycles. The summed E-state index contributed by atoms with van der Waals surface area (Å²) in [6.07, 6.45) is 2.51. The van der Waals surface area contributed by atoms with Gasteiger partial charge in [0.25, 0.3) is 11.8 Å². The van der Waals surface area contributed by atoms with Crippen molar-refractivity contribution in [3.8, 4) is 0 Å². The van der Waals surface area contributed by atoms with Gasteiger partial charge in [-0.05, 0) is 42.8 Å². The van der Waals surface area contributed by atoms with E-state index in [0.717, 1.165) is 37.1 Å². The summed E-state index contributed by atoms with van der Waals surface area (Å²) in [5, 5.41) is 0.628.